The van der Waals surface area contributed by atoms with Gasteiger partial charge in [-0.1, -0.05) is 13.8 Å². The molecule has 1 heterocycles. The van der Waals surface area contributed by atoms with Crippen LogP contribution in [0.15, 0.2) is 12.1 Å². The predicted molar refractivity (Wildman–Crippen MR) is 89.8 cm³/mol. The molecule has 0 aromatic heterocycles. The van der Waals surface area contributed by atoms with Gasteiger partial charge >= 0.3 is 12.3 Å². The van der Waals surface area contributed by atoms with Crippen LogP contribution in [0.5, 0.6) is 0 Å². The van der Waals surface area contributed by atoms with E-state index in [1.54, 1.807) is 20.8 Å². The Morgan fingerprint density at radius 1 is 1.19 bits per heavy atom. The average Bonchev–Trinajstić information content (AvgIpc) is 2.52. The first-order valence-corrected chi connectivity index (χ1v) is 8.24. The summed E-state index contributed by atoms with van der Waals surface area (Å²) in [5, 5.41) is 11.0. The quantitative estimate of drug-likeness (QED) is 0.514. The topological polar surface area (TPSA) is 72.7 Å². The van der Waals surface area contributed by atoms with E-state index >= 15 is 0 Å². The van der Waals surface area contributed by atoms with Crippen LogP contribution < -0.4 is 0 Å². The molecule has 1 aliphatic heterocycles. The molecule has 0 spiro atoms. The second kappa shape index (κ2) is 7.92. The van der Waals surface area contributed by atoms with Crippen molar-refractivity contribution in [3.63, 3.8) is 0 Å². The number of rotatable bonds is 1. The first kappa shape index (κ1) is 21.7. The predicted octanol–water partition coefficient (Wildman–Crippen LogP) is 4.93. The maximum Gasteiger partial charge on any atom is 0.423 e. The number of alkyl halides is 3. The Balaban J connectivity index is 0.00000163. The molecule has 0 bridgehead atoms. The van der Waals surface area contributed by atoms with Gasteiger partial charge in [-0.2, -0.15) is 13.2 Å². The van der Waals surface area contributed by atoms with Gasteiger partial charge in [0, 0.05) is 19.2 Å². The van der Waals surface area contributed by atoms with Crippen molar-refractivity contribution in [3.8, 4) is 0 Å². The Morgan fingerprint density at radius 2 is 1.77 bits per heavy atom. The van der Waals surface area contributed by atoms with Crippen LogP contribution in [-0.4, -0.2) is 28.1 Å². The normalized spacial score (nSPS) is 14.1. The number of hydrogen-bond donors (Lipinski definition) is 0. The number of carbonyl (C=O) groups is 1. The van der Waals surface area contributed by atoms with Crippen molar-refractivity contribution >= 4 is 11.8 Å². The molecule has 0 aliphatic carbocycles. The molecule has 0 N–H and O–H groups in total. The van der Waals surface area contributed by atoms with Gasteiger partial charge in [0.1, 0.15) is 11.2 Å². The van der Waals surface area contributed by atoms with Gasteiger partial charge in [-0.05, 0) is 44.4 Å². The van der Waals surface area contributed by atoms with E-state index in [9.17, 15) is 28.1 Å². The Kier molecular flexibility index (Phi) is 6.62. The van der Waals surface area contributed by atoms with Gasteiger partial charge < -0.3 is 9.64 Å². The van der Waals surface area contributed by atoms with Crippen molar-refractivity contribution in [1.29, 1.82) is 0 Å². The van der Waals surface area contributed by atoms with Crippen molar-refractivity contribution < 1.29 is 27.6 Å². The van der Waals surface area contributed by atoms with E-state index < -0.39 is 34.0 Å². The zero-order chi connectivity index (χ0) is 20.3. The molecule has 0 fully saturated rings. The molecule has 1 amide bonds. The highest BCUT2D eigenvalue weighted by Gasteiger charge is 2.40. The number of halogens is 3. The van der Waals surface area contributed by atoms with E-state index in [2.05, 4.69) is 0 Å². The largest absolute Gasteiger partial charge is 0.444 e. The minimum absolute atomic E-state index is 0.0246. The lowest BCUT2D eigenvalue weighted by molar-refractivity contribution is -0.388. The summed E-state index contributed by atoms with van der Waals surface area (Å²) in [7, 11) is 0. The van der Waals surface area contributed by atoms with Crippen molar-refractivity contribution in [2.45, 2.75) is 59.4 Å². The maximum atomic E-state index is 13.0. The van der Waals surface area contributed by atoms with E-state index in [1.165, 1.54) is 4.90 Å². The van der Waals surface area contributed by atoms with Gasteiger partial charge in [0.05, 0.1) is 4.92 Å². The van der Waals surface area contributed by atoms with Gasteiger partial charge in [-0.3, -0.25) is 10.1 Å². The molecule has 0 saturated heterocycles. The van der Waals surface area contributed by atoms with Gasteiger partial charge in [-0.25, -0.2) is 4.79 Å². The smallest absolute Gasteiger partial charge is 0.423 e. The number of nitro benzene ring substituents is 1. The summed E-state index contributed by atoms with van der Waals surface area (Å²) in [5.74, 6) is 0. The molecule has 2 rings (SSSR count). The lowest BCUT2D eigenvalue weighted by atomic mass is 9.96. The highest BCUT2D eigenvalue weighted by Crippen LogP contribution is 2.39. The van der Waals surface area contributed by atoms with Gasteiger partial charge in [0.15, 0.2) is 0 Å². The molecular weight excluding hydrogens is 353 g/mol. The number of hydrogen-bond acceptors (Lipinski definition) is 4. The number of fused-ring (bicyclic) bond motifs is 1. The number of nitrogens with zero attached hydrogens (tertiary/aromatic N) is 2. The van der Waals surface area contributed by atoms with E-state index in [1.807, 2.05) is 13.8 Å². The van der Waals surface area contributed by atoms with Gasteiger partial charge in [0.2, 0.25) is 0 Å². The van der Waals surface area contributed by atoms with Gasteiger partial charge in [-0.15, -0.1) is 0 Å². The molecule has 9 heteroatoms. The lowest BCUT2D eigenvalue weighted by Gasteiger charge is -2.31. The highest BCUT2D eigenvalue weighted by atomic mass is 19.4. The molecule has 26 heavy (non-hydrogen) atoms. The summed E-state index contributed by atoms with van der Waals surface area (Å²) in [6, 6.07) is 1.70. The summed E-state index contributed by atoms with van der Waals surface area (Å²) in [6.07, 6.45) is -5.23. The SMILES string of the molecule is CC.CC(C)(C)OC(=O)N1CCc2cc(C(F)(F)F)c([N+](=O)[O-])cc2C1. The lowest BCUT2D eigenvalue weighted by Crippen LogP contribution is -2.40. The van der Waals surface area contributed by atoms with Crippen molar-refractivity contribution in [2.75, 3.05) is 6.54 Å². The molecular formula is C17H23F3N2O4. The van der Waals surface area contributed by atoms with Crippen LogP contribution in [0.4, 0.5) is 23.7 Å². The van der Waals surface area contributed by atoms with Gasteiger partial charge in [0.25, 0.3) is 5.69 Å². The monoisotopic (exact) mass is 376 g/mol. The maximum absolute atomic E-state index is 13.0. The number of nitro groups is 1. The summed E-state index contributed by atoms with van der Waals surface area (Å²) < 4.78 is 44.2. The Bertz CT molecular complexity index is 682. The highest BCUT2D eigenvalue weighted by molar-refractivity contribution is 5.69. The molecule has 146 valence electrons. The van der Waals surface area contributed by atoms with Crippen molar-refractivity contribution in [3.05, 3.63) is 38.9 Å². The minimum Gasteiger partial charge on any atom is -0.444 e. The molecule has 0 unspecified atom stereocenters. The van der Waals surface area contributed by atoms with Crippen LogP contribution in [-0.2, 0) is 23.9 Å². The van der Waals surface area contributed by atoms with E-state index in [4.69, 9.17) is 4.74 Å². The third kappa shape index (κ3) is 5.34. The third-order valence-electron chi connectivity index (χ3n) is 3.48. The fraction of sp³-hybridized carbons (Fsp3) is 0.588. The minimum atomic E-state index is -4.81. The second-order valence-corrected chi connectivity index (χ2v) is 6.54. The van der Waals surface area contributed by atoms with E-state index in [0.717, 1.165) is 12.1 Å². The zero-order valence-electron chi connectivity index (χ0n) is 15.4. The molecule has 0 saturated carbocycles. The molecule has 1 aromatic rings. The number of carbonyl (C=O) groups excluding carboxylic acids is 1. The van der Waals surface area contributed by atoms with E-state index in [-0.39, 0.29) is 19.5 Å². The Labute approximate surface area is 150 Å². The summed E-state index contributed by atoms with van der Waals surface area (Å²) in [5.41, 5.74) is -2.30. The van der Waals surface area contributed by atoms with Crippen LogP contribution in [0.25, 0.3) is 0 Å². The third-order valence-corrected chi connectivity index (χ3v) is 3.48. The Morgan fingerprint density at radius 3 is 2.23 bits per heavy atom. The molecule has 6 nitrogen and oxygen atoms in total. The van der Waals surface area contributed by atoms with Crippen LogP contribution in [0.1, 0.15) is 51.3 Å². The number of benzene rings is 1. The standard InChI is InChI=1S/C15H17F3N2O4.C2H6/c1-14(2,3)24-13(21)19-5-4-9-6-11(15(16,17)18)12(20(22)23)7-10(9)8-19;1-2/h6-7H,4-5,8H2,1-3H3;1-2H3. The second-order valence-electron chi connectivity index (χ2n) is 6.54. The molecule has 1 aromatic carbocycles. The fourth-order valence-corrected chi connectivity index (χ4v) is 2.46. The number of amides is 1. The zero-order valence-corrected chi connectivity index (χ0v) is 15.4. The average molecular weight is 376 g/mol. The molecule has 1 aliphatic rings. The molecule has 0 atom stereocenters. The fourth-order valence-electron chi connectivity index (χ4n) is 2.46. The first-order chi connectivity index (χ1) is 11.9. The summed E-state index contributed by atoms with van der Waals surface area (Å²) >= 11 is 0. The first-order valence-electron chi connectivity index (χ1n) is 8.24. The van der Waals surface area contributed by atoms with Crippen LogP contribution in [0.2, 0.25) is 0 Å². The van der Waals surface area contributed by atoms with Crippen LogP contribution >= 0.6 is 0 Å². The summed E-state index contributed by atoms with van der Waals surface area (Å²) in [4.78, 5) is 23.3. The van der Waals surface area contributed by atoms with E-state index in [0.29, 0.717) is 11.1 Å². The Hall–Kier alpha value is -2.32. The number of ether oxygens (including phenoxy) is 1. The van der Waals surface area contributed by atoms with Crippen LogP contribution in [0.3, 0.4) is 0 Å². The molecule has 0 radical (unpaired) electrons. The van der Waals surface area contributed by atoms with Crippen LogP contribution in [0, 0.1) is 10.1 Å². The van der Waals surface area contributed by atoms with Crippen molar-refractivity contribution in [1.82, 2.24) is 4.90 Å². The summed E-state index contributed by atoms with van der Waals surface area (Å²) in [6.45, 7) is 9.26. The van der Waals surface area contributed by atoms with Crippen molar-refractivity contribution in [2.24, 2.45) is 0 Å².